The molecule has 0 saturated carbocycles. The number of hydrogen-bond acceptors (Lipinski definition) is 4. The van der Waals surface area contributed by atoms with Gasteiger partial charge in [-0.3, -0.25) is 9.88 Å². The van der Waals surface area contributed by atoms with Crippen LogP contribution in [0.4, 0.5) is 0 Å². The monoisotopic (exact) mass is 505 g/mol. The molecule has 2 unspecified atom stereocenters. The van der Waals surface area contributed by atoms with Gasteiger partial charge in [-0.05, 0) is 28.7 Å². The van der Waals surface area contributed by atoms with E-state index in [1.807, 2.05) is 72.8 Å². The maximum Gasteiger partial charge on any atom is 0.244 e. The van der Waals surface area contributed by atoms with Crippen molar-refractivity contribution >= 4 is 14.4 Å². The quantitative estimate of drug-likeness (QED) is 0.168. The molecule has 1 amide bonds. The van der Waals surface area contributed by atoms with E-state index >= 15 is 0 Å². The molecule has 0 spiro atoms. The van der Waals surface area contributed by atoms with E-state index in [2.05, 4.69) is 64.4 Å². The Morgan fingerprint density at radius 3 is 1.70 bits per heavy atom. The highest BCUT2D eigenvalue weighted by atomic mass is 31.2. The second-order valence-electron chi connectivity index (χ2n) is 8.85. The number of carbonyl (C=O) groups excluding carboxylic acids is 1. The molecule has 0 aliphatic carbocycles. The maximum atomic E-state index is 13.7. The van der Waals surface area contributed by atoms with Gasteiger partial charge in [0, 0.05) is 0 Å². The normalized spacial score (nSPS) is 17.8. The molecule has 6 heteroatoms. The molecule has 1 saturated heterocycles. The summed E-state index contributed by atoms with van der Waals surface area (Å²) in [6.45, 7) is 0.242. The number of benzene rings is 4. The van der Waals surface area contributed by atoms with Crippen molar-refractivity contribution in [1.29, 1.82) is 5.26 Å². The van der Waals surface area contributed by atoms with Crippen LogP contribution >= 0.6 is 8.45 Å². The predicted molar refractivity (Wildman–Crippen MR) is 146 cm³/mol. The SMILES string of the molecule is N#CCCOP1NC(=O)C(Cc2ccccc2)N1C(c1ccccc1)(c1ccccc1)c1ccccc1. The molecular formula is C31H28N3O2P. The Kier molecular flexibility index (Phi) is 7.73. The Morgan fingerprint density at radius 2 is 1.24 bits per heavy atom. The summed E-state index contributed by atoms with van der Waals surface area (Å²) in [4.78, 5) is 13.7. The Balaban J connectivity index is 1.77. The van der Waals surface area contributed by atoms with Crippen molar-refractivity contribution in [2.75, 3.05) is 6.61 Å². The number of nitrogens with one attached hydrogen (secondary N) is 1. The van der Waals surface area contributed by atoms with Gasteiger partial charge >= 0.3 is 0 Å². The van der Waals surface area contributed by atoms with E-state index in [9.17, 15) is 10.1 Å². The molecule has 5 rings (SSSR count). The van der Waals surface area contributed by atoms with Crippen molar-refractivity contribution in [2.45, 2.75) is 24.4 Å². The van der Waals surface area contributed by atoms with Crippen LogP contribution in [0.15, 0.2) is 121 Å². The van der Waals surface area contributed by atoms with E-state index in [4.69, 9.17) is 4.52 Å². The van der Waals surface area contributed by atoms with E-state index in [-0.39, 0.29) is 18.9 Å². The minimum Gasteiger partial charge on any atom is -0.326 e. The molecule has 5 nitrogen and oxygen atoms in total. The minimum atomic E-state index is -1.57. The van der Waals surface area contributed by atoms with E-state index in [1.54, 1.807) is 0 Å². The topological polar surface area (TPSA) is 65.4 Å². The summed E-state index contributed by atoms with van der Waals surface area (Å²) in [7, 11) is -1.57. The van der Waals surface area contributed by atoms with E-state index in [0.29, 0.717) is 6.42 Å². The molecule has 0 bridgehead atoms. The molecule has 37 heavy (non-hydrogen) atoms. The zero-order chi connectivity index (χ0) is 25.5. The zero-order valence-corrected chi connectivity index (χ0v) is 21.3. The number of nitrogens with zero attached hydrogens (tertiary/aromatic N) is 2. The van der Waals surface area contributed by atoms with Crippen LogP contribution in [0, 0.1) is 11.3 Å². The summed E-state index contributed by atoms with van der Waals surface area (Å²) in [6.07, 6.45) is 0.780. The minimum absolute atomic E-state index is 0.0703. The Labute approximate surface area is 219 Å². The summed E-state index contributed by atoms with van der Waals surface area (Å²) in [5, 5.41) is 12.3. The van der Waals surface area contributed by atoms with Crippen molar-refractivity contribution in [2.24, 2.45) is 0 Å². The number of hydrogen-bond donors (Lipinski definition) is 1. The fourth-order valence-corrected chi connectivity index (χ4v) is 7.01. The van der Waals surface area contributed by atoms with E-state index < -0.39 is 20.0 Å². The summed E-state index contributed by atoms with van der Waals surface area (Å²) < 4.78 is 8.53. The fourth-order valence-electron chi connectivity index (χ4n) is 5.05. The number of nitriles is 1. The first-order chi connectivity index (χ1) is 18.2. The Morgan fingerprint density at radius 1 is 0.784 bits per heavy atom. The highest BCUT2D eigenvalue weighted by Gasteiger charge is 2.55. The van der Waals surface area contributed by atoms with Gasteiger partial charge in [0.1, 0.15) is 11.6 Å². The van der Waals surface area contributed by atoms with Gasteiger partial charge in [-0.15, -0.1) is 0 Å². The molecule has 4 aromatic carbocycles. The van der Waals surface area contributed by atoms with Crippen LogP contribution < -0.4 is 5.09 Å². The molecule has 2 atom stereocenters. The van der Waals surface area contributed by atoms with E-state index in [1.165, 1.54) is 0 Å². The molecule has 1 N–H and O–H groups in total. The fraction of sp³-hybridized carbons (Fsp3) is 0.161. The highest BCUT2D eigenvalue weighted by molar-refractivity contribution is 7.49. The number of rotatable bonds is 9. The smallest absolute Gasteiger partial charge is 0.244 e. The first-order valence-corrected chi connectivity index (χ1v) is 13.6. The molecule has 1 aliphatic heterocycles. The van der Waals surface area contributed by atoms with Gasteiger partial charge in [0.2, 0.25) is 14.4 Å². The molecule has 0 aromatic heterocycles. The lowest BCUT2D eigenvalue weighted by molar-refractivity contribution is -0.122. The lowest BCUT2D eigenvalue weighted by Gasteiger charge is -2.46. The van der Waals surface area contributed by atoms with Gasteiger partial charge in [-0.25, -0.2) is 4.67 Å². The third kappa shape index (κ3) is 4.92. The molecule has 184 valence electrons. The van der Waals surface area contributed by atoms with Crippen molar-refractivity contribution < 1.29 is 9.32 Å². The van der Waals surface area contributed by atoms with Crippen LogP contribution in [-0.2, 0) is 21.3 Å². The largest absolute Gasteiger partial charge is 0.326 e. The molecule has 1 fully saturated rings. The average Bonchev–Trinajstić information content (AvgIpc) is 3.26. The molecule has 0 radical (unpaired) electrons. The van der Waals surface area contributed by atoms with Crippen LogP contribution in [0.25, 0.3) is 0 Å². The highest BCUT2D eigenvalue weighted by Crippen LogP contribution is 2.57. The lowest BCUT2D eigenvalue weighted by atomic mass is 9.76. The third-order valence-electron chi connectivity index (χ3n) is 6.62. The third-order valence-corrected chi connectivity index (χ3v) is 8.43. The second-order valence-corrected chi connectivity index (χ2v) is 10.3. The van der Waals surface area contributed by atoms with Gasteiger partial charge in [-0.1, -0.05) is 121 Å². The van der Waals surface area contributed by atoms with Crippen LogP contribution in [-0.4, -0.2) is 23.2 Å². The van der Waals surface area contributed by atoms with Crippen LogP contribution in [0.3, 0.4) is 0 Å². The van der Waals surface area contributed by atoms with Gasteiger partial charge in [0.25, 0.3) is 0 Å². The molecule has 1 aliphatic rings. The maximum absolute atomic E-state index is 13.7. The van der Waals surface area contributed by atoms with Crippen molar-refractivity contribution in [3.63, 3.8) is 0 Å². The second kappa shape index (κ2) is 11.5. The van der Waals surface area contributed by atoms with E-state index in [0.717, 1.165) is 22.3 Å². The van der Waals surface area contributed by atoms with Crippen molar-refractivity contribution in [1.82, 2.24) is 9.76 Å². The molecule has 1 heterocycles. The van der Waals surface area contributed by atoms with Crippen molar-refractivity contribution in [3.8, 4) is 6.07 Å². The number of carbonyl (C=O) groups is 1. The van der Waals surface area contributed by atoms with Gasteiger partial charge < -0.3 is 4.52 Å². The number of amides is 1. The summed E-state index contributed by atoms with van der Waals surface area (Å²) in [6, 6.07) is 42.7. The van der Waals surface area contributed by atoms with Gasteiger partial charge in [0.15, 0.2) is 0 Å². The molecular weight excluding hydrogens is 477 g/mol. The zero-order valence-electron chi connectivity index (χ0n) is 20.4. The van der Waals surface area contributed by atoms with Gasteiger partial charge in [-0.2, -0.15) is 5.26 Å². The molecule has 4 aromatic rings. The standard InChI is InChI=1S/C31H28N3O2P/c32-22-13-23-36-37-33-30(35)29(24-25-14-5-1-6-15-25)34(37)31(26-16-7-2-8-17-26,27-18-9-3-10-19-27)28-20-11-4-12-21-28/h1-12,14-21,29H,13,23-24H2,(H,33,35). The average molecular weight is 506 g/mol. The van der Waals surface area contributed by atoms with Gasteiger partial charge in [0.05, 0.1) is 19.1 Å². The summed E-state index contributed by atoms with van der Waals surface area (Å²) in [5.74, 6) is -0.0703. The van der Waals surface area contributed by atoms with Crippen LogP contribution in [0.1, 0.15) is 28.7 Å². The van der Waals surface area contributed by atoms with Crippen LogP contribution in [0.5, 0.6) is 0 Å². The Hall–Kier alpha value is -3.81. The summed E-state index contributed by atoms with van der Waals surface area (Å²) >= 11 is 0. The van der Waals surface area contributed by atoms with Crippen molar-refractivity contribution in [3.05, 3.63) is 144 Å². The lowest BCUT2D eigenvalue weighted by Crippen LogP contribution is -2.50. The van der Waals surface area contributed by atoms with Crippen LogP contribution in [0.2, 0.25) is 0 Å². The summed E-state index contributed by atoms with van der Waals surface area (Å²) in [5.41, 5.74) is 3.38. The first-order valence-electron chi connectivity index (χ1n) is 12.4. The Bertz CT molecular complexity index is 1250. The first kappa shape index (κ1) is 24.9. The predicted octanol–water partition coefficient (Wildman–Crippen LogP) is 6.18.